The summed E-state index contributed by atoms with van der Waals surface area (Å²) in [5, 5.41) is 11.6. The number of nitrogens with zero attached hydrogens (tertiary/aromatic N) is 5. The maximum atomic E-state index is 6.46. The van der Waals surface area contributed by atoms with Crippen molar-refractivity contribution in [3.05, 3.63) is 212 Å². The Morgan fingerprint density at radius 1 is 0.368 bits per heavy atom. The monoisotopic (exact) mass is 885 g/mol. The molecule has 5 aromatic heterocycles. The lowest BCUT2D eigenvalue weighted by molar-refractivity contribution is 0.669. The van der Waals surface area contributed by atoms with Crippen molar-refractivity contribution in [3.63, 3.8) is 0 Å². The predicted molar refractivity (Wildman–Crippen MR) is 282 cm³/mol. The van der Waals surface area contributed by atoms with E-state index in [0.29, 0.717) is 17.7 Å². The Bertz CT molecular complexity index is 4540. The summed E-state index contributed by atoms with van der Waals surface area (Å²) >= 11 is 1.86. The molecule has 0 amide bonds. The van der Waals surface area contributed by atoms with Gasteiger partial charge in [-0.25, -0.2) is 0 Å². The van der Waals surface area contributed by atoms with Crippen LogP contribution in [0.3, 0.4) is 0 Å². The molecule has 0 saturated carbocycles. The van der Waals surface area contributed by atoms with Gasteiger partial charge in [-0.2, -0.15) is 15.0 Å². The van der Waals surface area contributed by atoms with Gasteiger partial charge >= 0.3 is 0 Å². The second-order valence-corrected chi connectivity index (χ2v) is 18.6. The summed E-state index contributed by atoms with van der Waals surface area (Å²) in [6, 6.07) is 75.6. The van der Waals surface area contributed by atoms with E-state index in [1.165, 1.54) is 42.1 Å². The fourth-order valence-corrected chi connectivity index (χ4v) is 12.0. The van der Waals surface area contributed by atoms with Crippen LogP contribution in [0.15, 0.2) is 217 Å². The van der Waals surface area contributed by atoms with Crippen LogP contribution in [-0.2, 0) is 0 Å². The maximum Gasteiger partial charge on any atom is 0.240 e. The van der Waals surface area contributed by atoms with E-state index < -0.39 is 0 Å². The predicted octanol–water partition coefficient (Wildman–Crippen LogP) is 16.5. The Balaban J connectivity index is 1.03. The van der Waals surface area contributed by atoms with Gasteiger partial charge in [-0.15, -0.1) is 11.3 Å². The number of fused-ring (bicyclic) bond motifs is 14. The Labute approximate surface area is 392 Å². The van der Waals surface area contributed by atoms with E-state index in [9.17, 15) is 0 Å². The van der Waals surface area contributed by atoms with Crippen LogP contribution in [0.4, 0.5) is 0 Å². The first-order valence-electron chi connectivity index (χ1n) is 22.8. The topological polar surface area (TPSA) is 61.7 Å². The van der Waals surface area contributed by atoms with Crippen LogP contribution in [0, 0.1) is 0 Å². The minimum absolute atomic E-state index is 0.519. The van der Waals surface area contributed by atoms with E-state index in [-0.39, 0.29) is 0 Å². The molecule has 0 radical (unpaired) electrons. The van der Waals surface area contributed by atoms with Crippen LogP contribution in [0.1, 0.15) is 0 Å². The molecule has 15 aromatic rings. The minimum Gasteiger partial charge on any atom is -0.456 e. The highest BCUT2D eigenvalue weighted by molar-refractivity contribution is 7.26. The van der Waals surface area contributed by atoms with Gasteiger partial charge in [0.05, 0.1) is 22.1 Å². The number of hydrogen-bond acceptors (Lipinski definition) is 5. The lowest BCUT2D eigenvalue weighted by Gasteiger charge is -2.14. The number of para-hydroxylation sites is 4. The molecule has 0 bridgehead atoms. The molecular formula is C61H35N5OS. The first-order chi connectivity index (χ1) is 33.7. The Kier molecular flexibility index (Phi) is 7.85. The summed E-state index contributed by atoms with van der Waals surface area (Å²) < 4.78 is 13.5. The van der Waals surface area contributed by atoms with Crippen LogP contribution in [0.2, 0.25) is 0 Å². The van der Waals surface area contributed by atoms with Crippen LogP contribution in [-0.4, -0.2) is 24.1 Å². The van der Waals surface area contributed by atoms with Crippen LogP contribution >= 0.6 is 11.3 Å². The SMILES string of the molecule is c1cc(-c2cccc3c2sc2ccccc23)cc(-c2cccc3c4c5ccccc5ccc4n(-c4nc(-c5ccc6c(c5)oc5ccccc56)nc(-n5c6ccccc6c6ccccc65)n4)c23)c1. The fraction of sp³-hybridized carbons (Fsp3) is 0. The van der Waals surface area contributed by atoms with Crippen molar-refractivity contribution in [1.82, 2.24) is 24.1 Å². The first kappa shape index (κ1) is 37.3. The average molecular weight is 886 g/mol. The minimum atomic E-state index is 0.519. The van der Waals surface area contributed by atoms with Gasteiger partial charge in [0.1, 0.15) is 11.2 Å². The number of aromatic nitrogens is 5. The normalized spacial score (nSPS) is 12.1. The quantitative estimate of drug-likeness (QED) is 0.173. The molecule has 0 saturated heterocycles. The van der Waals surface area contributed by atoms with Crippen molar-refractivity contribution in [1.29, 1.82) is 0 Å². The fourth-order valence-electron chi connectivity index (χ4n) is 10.8. The molecule has 0 unspecified atom stereocenters. The van der Waals surface area contributed by atoms with E-state index >= 15 is 0 Å². The van der Waals surface area contributed by atoms with Crippen LogP contribution < -0.4 is 0 Å². The zero-order chi connectivity index (χ0) is 44.5. The highest BCUT2D eigenvalue weighted by atomic mass is 32.1. The molecule has 6 nitrogen and oxygen atoms in total. The van der Waals surface area contributed by atoms with Gasteiger partial charge in [-0.3, -0.25) is 9.13 Å². The zero-order valence-electron chi connectivity index (χ0n) is 36.3. The smallest absolute Gasteiger partial charge is 0.240 e. The van der Waals surface area contributed by atoms with E-state index in [1.807, 2.05) is 29.5 Å². The highest BCUT2D eigenvalue weighted by Gasteiger charge is 2.24. The molecule has 0 N–H and O–H groups in total. The largest absolute Gasteiger partial charge is 0.456 e. The van der Waals surface area contributed by atoms with Gasteiger partial charge in [-0.1, -0.05) is 164 Å². The van der Waals surface area contributed by atoms with Gasteiger partial charge < -0.3 is 4.42 Å². The number of benzene rings is 10. The van der Waals surface area contributed by atoms with E-state index in [2.05, 4.69) is 203 Å². The molecule has 7 heteroatoms. The molecule has 15 rings (SSSR count). The molecule has 0 fully saturated rings. The third-order valence-corrected chi connectivity index (χ3v) is 15.0. The molecule has 0 aliphatic carbocycles. The first-order valence-corrected chi connectivity index (χ1v) is 23.7. The average Bonchev–Trinajstić information content (AvgIpc) is 4.16. The molecule has 10 aromatic carbocycles. The van der Waals surface area contributed by atoms with E-state index in [0.717, 1.165) is 82.2 Å². The van der Waals surface area contributed by atoms with Gasteiger partial charge in [0, 0.05) is 63.6 Å². The van der Waals surface area contributed by atoms with Gasteiger partial charge in [0.15, 0.2) is 5.82 Å². The number of rotatable bonds is 5. The summed E-state index contributed by atoms with van der Waals surface area (Å²) in [5.74, 6) is 1.59. The molecule has 0 spiro atoms. The van der Waals surface area contributed by atoms with Crippen molar-refractivity contribution >= 4 is 108 Å². The summed E-state index contributed by atoms with van der Waals surface area (Å²) in [4.78, 5) is 16.4. The molecule has 0 atom stereocenters. The zero-order valence-corrected chi connectivity index (χ0v) is 37.1. The molecule has 5 heterocycles. The second-order valence-electron chi connectivity index (χ2n) is 17.5. The summed E-state index contributed by atoms with van der Waals surface area (Å²) in [6.07, 6.45) is 0. The third-order valence-electron chi connectivity index (χ3n) is 13.8. The van der Waals surface area contributed by atoms with E-state index in [4.69, 9.17) is 19.4 Å². The van der Waals surface area contributed by atoms with E-state index in [1.54, 1.807) is 0 Å². The molecule has 68 heavy (non-hydrogen) atoms. The van der Waals surface area contributed by atoms with Crippen LogP contribution in [0.5, 0.6) is 0 Å². The summed E-state index contributed by atoms with van der Waals surface area (Å²) in [5.41, 5.74) is 11.1. The Morgan fingerprint density at radius 3 is 1.81 bits per heavy atom. The van der Waals surface area contributed by atoms with Crippen molar-refractivity contribution in [3.8, 4) is 45.5 Å². The lowest BCUT2D eigenvalue weighted by atomic mass is 9.96. The summed E-state index contributed by atoms with van der Waals surface area (Å²) in [7, 11) is 0. The number of thiophene rings is 1. The number of furan rings is 1. The maximum absolute atomic E-state index is 6.46. The Hall–Kier alpha value is -8.91. The second kappa shape index (κ2) is 14.3. The molecule has 316 valence electrons. The van der Waals surface area contributed by atoms with Gasteiger partial charge in [0.25, 0.3) is 0 Å². The van der Waals surface area contributed by atoms with Gasteiger partial charge in [0.2, 0.25) is 11.9 Å². The summed E-state index contributed by atoms with van der Waals surface area (Å²) in [6.45, 7) is 0. The standard InChI is InChI=1S/C61H35N5OS/c1-2-17-40-36(14-1)31-33-52-56(40)49-25-12-22-41(37-15-11-16-38(34-37)42-23-13-24-48-47-21-6-10-29-55(47)68-58(42)48)57(49)66(52)61-63-59(39-30-32-46-45-20-5-9-28-53(45)67-54(46)35-39)62-60(64-61)65-50-26-7-3-18-43(50)44-19-4-8-27-51(44)65/h1-35H. The van der Waals surface area contributed by atoms with Gasteiger partial charge in [-0.05, 0) is 76.0 Å². The Morgan fingerprint density at radius 2 is 0.985 bits per heavy atom. The molecular weight excluding hydrogens is 851 g/mol. The molecule has 0 aliphatic heterocycles. The van der Waals surface area contributed by atoms with Crippen molar-refractivity contribution in [2.75, 3.05) is 0 Å². The lowest BCUT2D eigenvalue weighted by Crippen LogP contribution is -2.10. The van der Waals surface area contributed by atoms with Crippen molar-refractivity contribution < 1.29 is 4.42 Å². The van der Waals surface area contributed by atoms with Crippen LogP contribution in [0.25, 0.3) is 142 Å². The number of hydrogen-bond donors (Lipinski definition) is 0. The third kappa shape index (κ3) is 5.42. The van der Waals surface area contributed by atoms with Crippen molar-refractivity contribution in [2.24, 2.45) is 0 Å². The van der Waals surface area contributed by atoms with Crippen molar-refractivity contribution in [2.45, 2.75) is 0 Å². The molecule has 0 aliphatic rings. The highest BCUT2D eigenvalue weighted by Crippen LogP contribution is 2.44.